The van der Waals surface area contributed by atoms with Crippen molar-refractivity contribution >= 4 is 38.4 Å². The lowest BCUT2D eigenvalue weighted by Gasteiger charge is -2.17. The molecule has 1 fully saturated rings. The summed E-state index contributed by atoms with van der Waals surface area (Å²) < 4.78 is 7.50. The third-order valence-electron chi connectivity index (χ3n) is 6.52. The van der Waals surface area contributed by atoms with Crippen LogP contribution in [0.4, 0.5) is 10.5 Å². The lowest BCUT2D eigenvalue weighted by Crippen LogP contribution is -2.37. The normalized spacial score (nSPS) is 14.3. The van der Waals surface area contributed by atoms with E-state index >= 15 is 0 Å². The number of benzene rings is 2. The van der Waals surface area contributed by atoms with Crippen LogP contribution in [0.1, 0.15) is 30.5 Å². The van der Waals surface area contributed by atoms with Crippen molar-refractivity contribution in [2.24, 2.45) is 0 Å². The average Bonchev–Trinajstić information content (AvgIpc) is 3.37. The molecule has 0 saturated heterocycles. The highest BCUT2D eigenvalue weighted by molar-refractivity contribution is 7.23. The van der Waals surface area contributed by atoms with Gasteiger partial charge in [-0.1, -0.05) is 53.8 Å². The number of hydrogen-bond donors (Lipinski definition) is 2. The third-order valence-corrected chi connectivity index (χ3v) is 7.48. The van der Waals surface area contributed by atoms with Gasteiger partial charge in [-0.3, -0.25) is 4.40 Å². The fourth-order valence-electron chi connectivity index (χ4n) is 4.29. The number of nitrogens with zero attached hydrogens (tertiary/aromatic N) is 3. The lowest BCUT2D eigenvalue weighted by molar-refractivity contribution is 0.133. The fourth-order valence-corrected chi connectivity index (χ4v) is 5.29. The van der Waals surface area contributed by atoms with Gasteiger partial charge >= 0.3 is 6.09 Å². The lowest BCUT2D eigenvalue weighted by atomic mass is 10.1. The largest absolute Gasteiger partial charge is 0.445 e. The fraction of sp³-hybridized carbons (Fsp3) is 0.222. The van der Waals surface area contributed by atoms with E-state index in [1.807, 2.05) is 60.8 Å². The molecule has 7 nitrogen and oxygen atoms in total. The van der Waals surface area contributed by atoms with E-state index in [0.29, 0.717) is 0 Å². The third kappa shape index (κ3) is 4.57. The van der Waals surface area contributed by atoms with Gasteiger partial charge in [0, 0.05) is 28.7 Å². The molecule has 0 aliphatic heterocycles. The Kier molecular flexibility index (Phi) is 5.37. The molecule has 1 aliphatic carbocycles. The van der Waals surface area contributed by atoms with E-state index < -0.39 is 0 Å². The van der Waals surface area contributed by atoms with Gasteiger partial charge in [-0.05, 0) is 55.5 Å². The molecule has 176 valence electrons. The second-order valence-corrected chi connectivity index (χ2v) is 10.1. The minimum Gasteiger partial charge on any atom is -0.445 e. The van der Waals surface area contributed by atoms with Crippen molar-refractivity contribution in [3.05, 3.63) is 84.2 Å². The first kappa shape index (κ1) is 21.6. The van der Waals surface area contributed by atoms with Gasteiger partial charge in [-0.2, -0.15) is 0 Å². The smallest absolute Gasteiger partial charge is 0.407 e. The highest BCUT2D eigenvalue weighted by Crippen LogP contribution is 2.40. The van der Waals surface area contributed by atoms with E-state index in [-0.39, 0.29) is 18.2 Å². The minimum atomic E-state index is -0.355. The van der Waals surface area contributed by atoms with Crippen molar-refractivity contribution in [3.63, 3.8) is 0 Å². The monoisotopic (exact) mass is 483 g/mol. The number of rotatable bonds is 7. The number of aryl methyl sites for hydroxylation is 1. The maximum absolute atomic E-state index is 12.3. The van der Waals surface area contributed by atoms with Crippen LogP contribution in [0.5, 0.6) is 0 Å². The Morgan fingerprint density at radius 2 is 1.86 bits per heavy atom. The Hall–Kier alpha value is -3.91. The van der Waals surface area contributed by atoms with Gasteiger partial charge in [0.1, 0.15) is 11.4 Å². The first-order valence-corrected chi connectivity index (χ1v) is 12.5. The second-order valence-electron chi connectivity index (χ2n) is 9.10. The zero-order valence-electron chi connectivity index (χ0n) is 19.1. The summed E-state index contributed by atoms with van der Waals surface area (Å²) in [4.78, 5) is 23.9. The number of thiazole rings is 1. The molecule has 3 heterocycles. The molecule has 35 heavy (non-hydrogen) atoms. The van der Waals surface area contributed by atoms with Crippen LogP contribution in [0.2, 0.25) is 0 Å². The number of fused-ring (bicyclic) bond motifs is 3. The SMILES string of the molecule is Nc1ccc(-c2cn3c(n2)sc2nc(CCC4(NC(=O)OCc5ccccc5)CC4)ccc23)cc1. The number of nitrogens with two attached hydrogens (primary N) is 1. The number of alkyl carbamates (subject to hydrolysis) is 1. The molecule has 6 rings (SSSR count). The Labute approximate surface area is 206 Å². The Morgan fingerprint density at radius 3 is 2.63 bits per heavy atom. The van der Waals surface area contributed by atoms with E-state index in [1.165, 1.54) is 0 Å². The predicted octanol–water partition coefficient (Wildman–Crippen LogP) is 5.58. The molecule has 0 radical (unpaired) electrons. The average molecular weight is 484 g/mol. The van der Waals surface area contributed by atoms with Gasteiger partial charge in [-0.25, -0.2) is 14.8 Å². The molecule has 1 aliphatic rings. The van der Waals surface area contributed by atoms with E-state index in [0.717, 1.165) is 69.2 Å². The van der Waals surface area contributed by atoms with Gasteiger partial charge in [0.2, 0.25) is 0 Å². The van der Waals surface area contributed by atoms with Gasteiger partial charge < -0.3 is 15.8 Å². The number of carbonyl (C=O) groups is 1. The van der Waals surface area contributed by atoms with Crippen LogP contribution in [-0.2, 0) is 17.8 Å². The first-order chi connectivity index (χ1) is 17.1. The number of aromatic nitrogens is 3. The van der Waals surface area contributed by atoms with Crippen LogP contribution < -0.4 is 11.1 Å². The molecule has 3 aromatic heterocycles. The summed E-state index contributed by atoms with van der Waals surface area (Å²) in [5, 5.41) is 3.08. The number of nitrogen functional groups attached to an aromatic ring is 1. The molecule has 0 spiro atoms. The van der Waals surface area contributed by atoms with Gasteiger partial charge in [0.05, 0.1) is 11.2 Å². The van der Waals surface area contributed by atoms with Crippen molar-refractivity contribution in [1.29, 1.82) is 0 Å². The van der Waals surface area contributed by atoms with Crippen molar-refractivity contribution in [2.45, 2.75) is 37.8 Å². The number of anilines is 1. The van der Waals surface area contributed by atoms with Crippen LogP contribution in [0.15, 0.2) is 72.9 Å². The highest BCUT2D eigenvalue weighted by atomic mass is 32.1. The maximum atomic E-state index is 12.3. The zero-order chi connectivity index (χ0) is 23.8. The number of imidazole rings is 1. The Balaban J connectivity index is 1.10. The number of hydrogen-bond acceptors (Lipinski definition) is 6. The quantitative estimate of drug-likeness (QED) is 0.295. The maximum Gasteiger partial charge on any atom is 0.407 e. The zero-order valence-corrected chi connectivity index (χ0v) is 19.9. The highest BCUT2D eigenvalue weighted by Gasteiger charge is 2.44. The van der Waals surface area contributed by atoms with Gasteiger partial charge in [0.15, 0.2) is 4.96 Å². The molecule has 1 saturated carbocycles. The summed E-state index contributed by atoms with van der Waals surface area (Å²) in [6.45, 7) is 0.279. The number of amides is 1. The minimum absolute atomic E-state index is 0.178. The summed E-state index contributed by atoms with van der Waals surface area (Å²) in [5.41, 5.74) is 11.4. The topological polar surface area (TPSA) is 94.5 Å². The van der Waals surface area contributed by atoms with E-state index in [1.54, 1.807) is 11.3 Å². The van der Waals surface area contributed by atoms with Gasteiger partial charge in [0.25, 0.3) is 0 Å². The molecule has 8 heteroatoms. The first-order valence-electron chi connectivity index (χ1n) is 11.7. The molecule has 1 amide bonds. The summed E-state index contributed by atoms with van der Waals surface area (Å²) in [7, 11) is 0. The van der Waals surface area contributed by atoms with Crippen LogP contribution in [0.25, 0.3) is 26.6 Å². The van der Waals surface area contributed by atoms with Crippen LogP contribution in [0.3, 0.4) is 0 Å². The van der Waals surface area contributed by atoms with Crippen LogP contribution in [-0.4, -0.2) is 26.0 Å². The number of pyridine rings is 1. The van der Waals surface area contributed by atoms with Crippen molar-refractivity contribution < 1.29 is 9.53 Å². The molecule has 3 N–H and O–H groups in total. The van der Waals surface area contributed by atoms with Crippen molar-refractivity contribution in [2.75, 3.05) is 5.73 Å². The molecule has 2 aromatic carbocycles. The Morgan fingerprint density at radius 1 is 1.06 bits per heavy atom. The molecule has 5 aromatic rings. The summed E-state index contributed by atoms with van der Waals surface area (Å²) in [6.07, 6.45) is 5.27. The molecule has 0 atom stereocenters. The van der Waals surface area contributed by atoms with E-state index in [4.69, 9.17) is 20.4 Å². The summed E-state index contributed by atoms with van der Waals surface area (Å²) in [5.74, 6) is 0. The van der Waals surface area contributed by atoms with Crippen molar-refractivity contribution in [3.8, 4) is 11.3 Å². The second kappa shape index (κ2) is 8.70. The number of ether oxygens (including phenoxy) is 1. The van der Waals surface area contributed by atoms with E-state index in [9.17, 15) is 4.79 Å². The number of nitrogens with one attached hydrogen (secondary N) is 1. The number of carbonyl (C=O) groups excluding carboxylic acids is 1. The predicted molar refractivity (Wildman–Crippen MR) is 138 cm³/mol. The van der Waals surface area contributed by atoms with Crippen LogP contribution >= 0.6 is 11.3 Å². The van der Waals surface area contributed by atoms with E-state index in [2.05, 4.69) is 21.9 Å². The molecule has 0 unspecified atom stereocenters. The Bertz CT molecular complexity index is 1500. The molecule has 0 bridgehead atoms. The molecular formula is C27H25N5O2S. The standard InChI is InChI=1S/C27H25N5O2S/c28-20-8-6-19(7-9-20)22-16-32-23-11-10-21(29-24(23)35-25(32)30-22)12-13-27(14-15-27)31-26(33)34-17-18-4-2-1-3-5-18/h1-11,16H,12-15,17,28H2,(H,31,33). The van der Waals surface area contributed by atoms with Crippen molar-refractivity contribution in [1.82, 2.24) is 19.7 Å². The summed E-state index contributed by atoms with van der Waals surface area (Å²) in [6, 6.07) is 21.6. The molecular weight excluding hydrogens is 458 g/mol. The summed E-state index contributed by atoms with van der Waals surface area (Å²) >= 11 is 1.58. The van der Waals surface area contributed by atoms with Crippen LogP contribution in [0, 0.1) is 0 Å². The van der Waals surface area contributed by atoms with Gasteiger partial charge in [-0.15, -0.1) is 0 Å².